The molecule has 0 spiro atoms. The Hall–Kier alpha value is -0.700. The van der Waals surface area contributed by atoms with Crippen molar-refractivity contribution in [3.63, 3.8) is 0 Å². The molecule has 0 aromatic rings. The zero-order valence-electron chi connectivity index (χ0n) is 11.9. The average molecular weight is 292 g/mol. The summed E-state index contributed by atoms with van der Waals surface area (Å²) >= 11 is 0. The first-order chi connectivity index (χ1) is 8.84. The predicted molar refractivity (Wildman–Crippen MR) is 73.6 cm³/mol. The molecule has 0 radical (unpaired) electrons. The van der Waals surface area contributed by atoms with Crippen molar-refractivity contribution in [2.24, 2.45) is 11.7 Å². The minimum Gasteiger partial charge on any atom is -0.340 e. The lowest BCUT2D eigenvalue weighted by molar-refractivity contribution is -0.136. The van der Waals surface area contributed by atoms with Crippen LogP contribution in [-0.4, -0.2) is 74.7 Å². The highest BCUT2D eigenvalue weighted by Gasteiger charge is 2.31. The van der Waals surface area contributed by atoms with Crippen LogP contribution in [0.15, 0.2) is 0 Å². The molecule has 1 aliphatic rings. The van der Waals surface area contributed by atoms with Gasteiger partial charge in [-0.25, -0.2) is 0 Å². The highest BCUT2D eigenvalue weighted by atomic mass is 32.2. The number of hydrogen-bond acceptors (Lipinski definition) is 4. The molecule has 112 valence electrons. The fourth-order valence-electron chi connectivity index (χ4n) is 2.07. The minimum absolute atomic E-state index is 0.0342. The topological polar surface area (TPSA) is 87.0 Å². The van der Waals surface area contributed by atoms with E-state index in [-0.39, 0.29) is 11.8 Å². The monoisotopic (exact) mass is 292 g/mol. The standard InChI is InChI=1S/C11H24N4O3S/c1-4-10(9-12)11(16)14-5-7-15(8-6-14)19(17,18)13(2)3/h10H,4-9,12H2,1-3H3. The summed E-state index contributed by atoms with van der Waals surface area (Å²) in [6, 6.07) is 0. The molecule has 2 N–H and O–H groups in total. The van der Waals surface area contributed by atoms with E-state index in [2.05, 4.69) is 0 Å². The van der Waals surface area contributed by atoms with Crippen LogP contribution in [0.3, 0.4) is 0 Å². The lowest BCUT2D eigenvalue weighted by atomic mass is 10.1. The van der Waals surface area contributed by atoms with Crippen LogP contribution in [0.5, 0.6) is 0 Å². The van der Waals surface area contributed by atoms with Crippen molar-refractivity contribution in [2.75, 3.05) is 46.8 Å². The summed E-state index contributed by atoms with van der Waals surface area (Å²) in [5, 5.41) is 0. The van der Waals surface area contributed by atoms with Gasteiger partial charge in [0.05, 0.1) is 5.92 Å². The number of carbonyl (C=O) groups is 1. The zero-order chi connectivity index (χ0) is 14.6. The van der Waals surface area contributed by atoms with E-state index >= 15 is 0 Å². The van der Waals surface area contributed by atoms with Gasteiger partial charge in [-0.3, -0.25) is 4.79 Å². The van der Waals surface area contributed by atoms with Gasteiger partial charge in [-0.15, -0.1) is 0 Å². The van der Waals surface area contributed by atoms with E-state index < -0.39 is 10.2 Å². The summed E-state index contributed by atoms with van der Waals surface area (Å²) in [5.41, 5.74) is 5.57. The third-order valence-corrected chi connectivity index (χ3v) is 5.41. The largest absolute Gasteiger partial charge is 0.340 e. The van der Waals surface area contributed by atoms with Crippen LogP contribution >= 0.6 is 0 Å². The fourth-order valence-corrected chi connectivity index (χ4v) is 3.16. The van der Waals surface area contributed by atoms with Gasteiger partial charge in [0, 0.05) is 46.8 Å². The second-order valence-corrected chi connectivity index (χ2v) is 7.00. The Morgan fingerprint density at radius 3 is 2.16 bits per heavy atom. The molecule has 1 unspecified atom stereocenters. The second kappa shape index (κ2) is 6.65. The van der Waals surface area contributed by atoms with Crippen molar-refractivity contribution in [1.29, 1.82) is 0 Å². The van der Waals surface area contributed by atoms with Crippen molar-refractivity contribution >= 4 is 16.1 Å². The van der Waals surface area contributed by atoms with E-state index in [9.17, 15) is 13.2 Å². The van der Waals surface area contributed by atoms with Gasteiger partial charge in [-0.2, -0.15) is 17.0 Å². The van der Waals surface area contributed by atoms with Gasteiger partial charge in [-0.1, -0.05) is 6.92 Å². The Balaban J connectivity index is 2.61. The lowest BCUT2D eigenvalue weighted by Crippen LogP contribution is -2.54. The summed E-state index contributed by atoms with van der Waals surface area (Å²) in [4.78, 5) is 13.8. The van der Waals surface area contributed by atoms with Crippen LogP contribution in [0.2, 0.25) is 0 Å². The number of amides is 1. The molecule has 1 fully saturated rings. The Labute approximate surface area is 115 Å². The second-order valence-electron chi connectivity index (χ2n) is 4.86. The van der Waals surface area contributed by atoms with Crippen LogP contribution in [-0.2, 0) is 15.0 Å². The van der Waals surface area contributed by atoms with Gasteiger partial charge < -0.3 is 10.6 Å². The van der Waals surface area contributed by atoms with E-state index in [1.807, 2.05) is 6.92 Å². The van der Waals surface area contributed by atoms with E-state index in [1.54, 1.807) is 4.90 Å². The molecule has 7 nitrogen and oxygen atoms in total. The molecule has 0 saturated carbocycles. The molecule has 1 amide bonds. The third kappa shape index (κ3) is 3.65. The summed E-state index contributed by atoms with van der Waals surface area (Å²) in [6.45, 7) is 3.82. The summed E-state index contributed by atoms with van der Waals surface area (Å²) < 4.78 is 26.5. The lowest BCUT2D eigenvalue weighted by Gasteiger charge is -2.36. The van der Waals surface area contributed by atoms with Crippen LogP contribution in [0.1, 0.15) is 13.3 Å². The van der Waals surface area contributed by atoms with Gasteiger partial charge in [0.25, 0.3) is 10.2 Å². The van der Waals surface area contributed by atoms with Gasteiger partial charge in [0.15, 0.2) is 0 Å². The van der Waals surface area contributed by atoms with Crippen molar-refractivity contribution < 1.29 is 13.2 Å². The Kier molecular flexibility index (Phi) is 5.72. The van der Waals surface area contributed by atoms with E-state index in [1.165, 1.54) is 22.7 Å². The number of piperazine rings is 1. The fraction of sp³-hybridized carbons (Fsp3) is 0.909. The van der Waals surface area contributed by atoms with Gasteiger partial charge >= 0.3 is 0 Å². The smallest absolute Gasteiger partial charge is 0.281 e. The number of carbonyl (C=O) groups excluding carboxylic acids is 1. The van der Waals surface area contributed by atoms with Gasteiger partial charge in [0.1, 0.15) is 0 Å². The van der Waals surface area contributed by atoms with Gasteiger partial charge in [-0.05, 0) is 6.42 Å². The first-order valence-electron chi connectivity index (χ1n) is 6.51. The molecular formula is C11H24N4O3S. The molecular weight excluding hydrogens is 268 g/mol. The van der Waals surface area contributed by atoms with Crippen molar-refractivity contribution in [1.82, 2.24) is 13.5 Å². The maximum atomic E-state index is 12.1. The summed E-state index contributed by atoms with van der Waals surface area (Å²) in [5.74, 6) is -0.121. The molecule has 1 atom stereocenters. The Morgan fingerprint density at radius 1 is 1.26 bits per heavy atom. The molecule has 19 heavy (non-hydrogen) atoms. The average Bonchev–Trinajstić information content (AvgIpc) is 2.40. The number of nitrogens with zero attached hydrogens (tertiary/aromatic N) is 3. The van der Waals surface area contributed by atoms with E-state index in [0.29, 0.717) is 39.1 Å². The van der Waals surface area contributed by atoms with Crippen molar-refractivity contribution in [3.8, 4) is 0 Å². The van der Waals surface area contributed by atoms with Crippen molar-refractivity contribution in [3.05, 3.63) is 0 Å². The van der Waals surface area contributed by atoms with Crippen LogP contribution in [0, 0.1) is 5.92 Å². The SMILES string of the molecule is CCC(CN)C(=O)N1CCN(S(=O)(=O)N(C)C)CC1. The first-order valence-corrected chi connectivity index (χ1v) is 7.90. The highest BCUT2D eigenvalue weighted by Crippen LogP contribution is 2.13. The van der Waals surface area contributed by atoms with E-state index in [0.717, 1.165) is 0 Å². The molecule has 1 rings (SSSR count). The maximum Gasteiger partial charge on any atom is 0.281 e. The zero-order valence-corrected chi connectivity index (χ0v) is 12.7. The van der Waals surface area contributed by atoms with Crippen molar-refractivity contribution in [2.45, 2.75) is 13.3 Å². The third-order valence-electron chi connectivity index (χ3n) is 3.46. The molecule has 1 aliphatic heterocycles. The molecule has 0 aromatic heterocycles. The highest BCUT2D eigenvalue weighted by molar-refractivity contribution is 7.86. The normalized spacial score (nSPS) is 19.7. The maximum absolute atomic E-state index is 12.1. The number of hydrogen-bond donors (Lipinski definition) is 1. The number of rotatable bonds is 5. The molecule has 1 heterocycles. The Bertz CT molecular complexity index is 398. The molecule has 0 bridgehead atoms. The molecule has 8 heteroatoms. The number of nitrogens with two attached hydrogens (primary N) is 1. The molecule has 1 saturated heterocycles. The van der Waals surface area contributed by atoms with Crippen LogP contribution < -0.4 is 5.73 Å². The van der Waals surface area contributed by atoms with Crippen LogP contribution in [0.25, 0.3) is 0 Å². The minimum atomic E-state index is -3.38. The Morgan fingerprint density at radius 2 is 1.79 bits per heavy atom. The van der Waals surface area contributed by atoms with Gasteiger partial charge in [0.2, 0.25) is 5.91 Å². The summed E-state index contributed by atoms with van der Waals surface area (Å²) in [6.07, 6.45) is 0.714. The first kappa shape index (κ1) is 16.4. The molecule has 0 aromatic carbocycles. The molecule has 0 aliphatic carbocycles. The van der Waals surface area contributed by atoms with Crippen LogP contribution in [0.4, 0.5) is 0 Å². The summed E-state index contributed by atoms with van der Waals surface area (Å²) in [7, 11) is -0.360. The predicted octanol–water partition coefficient (Wildman–Crippen LogP) is -1.08. The van der Waals surface area contributed by atoms with E-state index in [4.69, 9.17) is 5.73 Å². The quantitative estimate of drug-likeness (QED) is 0.698.